The molecule has 0 saturated carbocycles. The molecule has 4 rings (SSSR count). The van der Waals surface area contributed by atoms with Crippen LogP contribution < -0.4 is 9.47 Å². The van der Waals surface area contributed by atoms with Crippen molar-refractivity contribution in [1.82, 2.24) is 9.21 Å². The van der Waals surface area contributed by atoms with E-state index in [1.54, 1.807) is 34.3 Å². The summed E-state index contributed by atoms with van der Waals surface area (Å²) in [6.07, 6.45) is 2.07. The Hall–Kier alpha value is -1.74. The summed E-state index contributed by atoms with van der Waals surface area (Å²) in [5, 5.41) is 0. The molecule has 0 aromatic heterocycles. The Balaban J connectivity index is 1.39. The predicted molar refractivity (Wildman–Crippen MR) is 110 cm³/mol. The van der Waals surface area contributed by atoms with Crippen molar-refractivity contribution in [2.75, 3.05) is 45.6 Å². The van der Waals surface area contributed by atoms with Crippen LogP contribution in [-0.2, 0) is 16.6 Å². The van der Waals surface area contributed by atoms with E-state index in [-0.39, 0.29) is 4.90 Å². The molecule has 0 amide bonds. The molecule has 2 aliphatic rings. The van der Waals surface area contributed by atoms with E-state index < -0.39 is 10.0 Å². The number of nitrogens with zero attached hydrogens (tertiary/aromatic N) is 2. The van der Waals surface area contributed by atoms with Crippen LogP contribution in [0.15, 0.2) is 52.3 Å². The van der Waals surface area contributed by atoms with Crippen molar-refractivity contribution in [3.8, 4) is 11.5 Å². The molecule has 0 radical (unpaired) electrons. The van der Waals surface area contributed by atoms with Crippen molar-refractivity contribution in [3.05, 3.63) is 48.0 Å². The Morgan fingerprint density at radius 1 is 0.929 bits per heavy atom. The van der Waals surface area contributed by atoms with Gasteiger partial charge in [-0.1, -0.05) is 12.1 Å². The van der Waals surface area contributed by atoms with Crippen LogP contribution in [0.3, 0.4) is 0 Å². The topological polar surface area (TPSA) is 59.1 Å². The lowest BCUT2D eigenvalue weighted by atomic mass is 10.2. The van der Waals surface area contributed by atoms with Gasteiger partial charge < -0.3 is 9.47 Å². The van der Waals surface area contributed by atoms with Crippen molar-refractivity contribution in [2.45, 2.75) is 16.3 Å². The average Bonchev–Trinajstić information content (AvgIpc) is 2.74. The van der Waals surface area contributed by atoms with E-state index in [0.717, 1.165) is 6.54 Å². The van der Waals surface area contributed by atoms with Crippen molar-refractivity contribution >= 4 is 21.8 Å². The normalized spacial score (nSPS) is 18.2. The van der Waals surface area contributed by atoms with Crippen molar-refractivity contribution in [1.29, 1.82) is 0 Å². The third-order valence-electron chi connectivity index (χ3n) is 5.05. The summed E-state index contributed by atoms with van der Waals surface area (Å²) in [7, 11) is -3.53. The van der Waals surface area contributed by atoms with E-state index in [2.05, 4.69) is 35.4 Å². The Labute approximate surface area is 170 Å². The van der Waals surface area contributed by atoms with E-state index in [9.17, 15) is 8.42 Å². The van der Waals surface area contributed by atoms with E-state index >= 15 is 0 Å². The summed E-state index contributed by atoms with van der Waals surface area (Å²) in [5.41, 5.74) is 1.25. The maximum atomic E-state index is 13.0. The van der Waals surface area contributed by atoms with Gasteiger partial charge in [0.25, 0.3) is 0 Å². The van der Waals surface area contributed by atoms with Crippen molar-refractivity contribution in [2.24, 2.45) is 0 Å². The number of ether oxygens (including phenoxy) is 2. The molecule has 0 atom stereocenters. The molecule has 0 bridgehead atoms. The zero-order chi connectivity index (χ0) is 19.6. The number of thioether (sulfide) groups is 1. The van der Waals surface area contributed by atoms with E-state index in [1.807, 2.05) is 0 Å². The van der Waals surface area contributed by atoms with E-state index in [4.69, 9.17) is 9.47 Å². The molecule has 0 aliphatic carbocycles. The van der Waals surface area contributed by atoms with Crippen molar-refractivity contribution in [3.63, 3.8) is 0 Å². The highest BCUT2D eigenvalue weighted by Gasteiger charge is 2.29. The quantitative estimate of drug-likeness (QED) is 0.693. The van der Waals surface area contributed by atoms with Gasteiger partial charge in [-0.15, -0.1) is 11.8 Å². The van der Waals surface area contributed by atoms with Crippen LogP contribution >= 0.6 is 11.8 Å². The van der Waals surface area contributed by atoms with Crippen LogP contribution in [0.5, 0.6) is 11.5 Å². The zero-order valence-electron chi connectivity index (χ0n) is 15.8. The molecule has 0 spiro atoms. The minimum absolute atomic E-state index is 0.262. The molecule has 6 nitrogen and oxygen atoms in total. The number of fused-ring (bicyclic) bond motifs is 1. The molecule has 2 aromatic carbocycles. The number of hydrogen-bond acceptors (Lipinski definition) is 6. The van der Waals surface area contributed by atoms with Gasteiger partial charge in [0.2, 0.25) is 10.0 Å². The van der Waals surface area contributed by atoms with Gasteiger partial charge in [-0.2, -0.15) is 4.31 Å². The van der Waals surface area contributed by atoms with Crippen LogP contribution in [0.1, 0.15) is 5.56 Å². The minimum Gasteiger partial charge on any atom is -0.486 e. The van der Waals surface area contributed by atoms with Crippen LogP contribution in [0.25, 0.3) is 0 Å². The molecule has 2 heterocycles. The summed E-state index contributed by atoms with van der Waals surface area (Å²) in [4.78, 5) is 3.81. The molecule has 8 heteroatoms. The monoisotopic (exact) mass is 420 g/mol. The Bertz CT molecular complexity index is 924. The highest BCUT2D eigenvalue weighted by atomic mass is 32.2. The zero-order valence-corrected chi connectivity index (χ0v) is 17.5. The highest BCUT2D eigenvalue weighted by molar-refractivity contribution is 7.98. The van der Waals surface area contributed by atoms with Gasteiger partial charge >= 0.3 is 0 Å². The van der Waals surface area contributed by atoms with E-state index in [0.29, 0.717) is 50.9 Å². The molecule has 0 unspecified atom stereocenters. The molecular weight excluding hydrogens is 396 g/mol. The first-order valence-corrected chi connectivity index (χ1v) is 12.0. The van der Waals surface area contributed by atoms with Crippen LogP contribution in [0.2, 0.25) is 0 Å². The van der Waals surface area contributed by atoms with E-state index in [1.165, 1.54) is 10.5 Å². The van der Waals surface area contributed by atoms with Gasteiger partial charge in [0.1, 0.15) is 13.2 Å². The summed E-state index contributed by atoms with van der Waals surface area (Å²) >= 11 is 1.73. The number of benzene rings is 2. The number of sulfonamides is 1. The van der Waals surface area contributed by atoms with Gasteiger partial charge in [-0.25, -0.2) is 8.42 Å². The minimum atomic E-state index is -3.53. The smallest absolute Gasteiger partial charge is 0.243 e. The molecular formula is C20H24N2O4S2. The lowest BCUT2D eigenvalue weighted by molar-refractivity contribution is 0.170. The molecule has 1 fully saturated rings. The summed E-state index contributed by atoms with van der Waals surface area (Å²) < 4.78 is 38.6. The molecule has 28 heavy (non-hydrogen) atoms. The molecule has 2 aromatic rings. The first kappa shape index (κ1) is 19.6. The number of piperazine rings is 1. The first-order valence-electron chi connectivity index (χ1n) is 9.31. The van der Waals surface area contributed by atoms with Gasteiger partial charge in [0.15, 0.2) is 11.5 Å². The molecule has 150 valence electrons. The molecule has 0 N–H and O–H groups in total. The fraction of sp³-hybridized carbons (Fsp3) is 0.400. The largest absolute Gasteiger partial charge is 0.486 e. The highest BCUT2D eigenvalue weighted by Crippen LogP contribution is 2.33. The Morgan fingerprint density at radius 2 is 1.61 bits per heavy atom. The van der Waals surface area contributed by atoms with Gasteiger partial charge in [0.05, 0.1) is 4.90 Å². The first-order chi connectivity index (χ1) is 13.6. The lowest BCUT2D eigenvalue weighted by Crippen LogP contribution is -2.48. The maximum Gasteiger partial charge on any atom is 0.243 e. The second-order valence-corrected chi connectivity index (χ2v) is 9.65. The SMILES string of the molecule is CSc1ccc(CN2CCN(S(=O)(=O)c3ccc4c(c3)OCCO4)CC2)cc1. The third kappa shape index (κ3) is 4.15. The summed E-state index contributed by atoms with van der Waals surface area (Å²) in [6.45, 7) is 4.17. The second-order valence-electron chi connectivity index (χ2n) is 6.83. The van der Waals surface area contributed by atoms with Gasteiger partial charge in [0, 0.05) is 43.7 Å². The Kier molecular flexibility index (Phi) is 5.82. The standard InChI is InChI=1S/C20H24N2O4S2/c1-27-17-4-2-16(3-5-17)15-21-8-10-22(11-9-21)28(23,24)18-6-7-19-20(14-18)26-13-12-25-19/h2-7,14H,8-13,15H2,1H3. The molecule has 1 saturated heterocycles. The van der Waals surface area contributed by atoms with Crippen LogP contribution in [0, 0.1) is 0 Å². The number of rotatable bonds is 5. The fourth-order valence-corrected chi connectivity index (χ4v) is 5.30. The Morgan fingerprint density at radius 3 is 2.29 bits per heavy atom. The average molecular weight is 421 g/mol. The lowest BCUT2D eigenvalue weighted by Gasteiger charge is -2.34. The predicted octanol–water partition coefficient (Wildman–Crippen LogP) is 2.69. The second kappa shape index (κ2) is 8.32. The molecule has 2 aliphatic heterocycles. The summed E-state index contributed by atoms with van der Waals surface area (Å²) in [5.74, 6) is 1.10. The van der Waals surface area contributed by atoms with Crippen LogP contribution in [0.4, 0.5) is 0 Å². The van der Waals surface area contributed by atoms with Gasteiger partial charge in [-0.05, 0) is 36.1 Å². The third-order valence-corrected chi connectivity index (χ3v) is 7.69. The van der Waals surface area contributed by atoms with Crippen LogP contribution in [-0.4, -0.2) is 63.3 Å². The fourth-order valence-electron chi connectivity index (χ4n) is 3.45. The van der Waals surface area contributed by atoms with Crippen molar-refractivity contribution < 1.29 is 17.9 Å². The number of hydrogen-bond donors (Lipinski definition) is 0. The summed E-state index contributed by atoms with van der Waals surface area (Å²) in [6, 6.07) is 13.4. The van der Waals surface area contributed by atoms with Gasteiger partial charge in [-0.3, -0.25) is 4.90 Å². The maximum absolute atomic E-state index is 13.0.